The van der Waals surface area contributed by atoms with Gasteiger partial charge in [-0.15, -0.1) is 0 Å². The van der Waals surface area contributed by atoms with Crippen LogP contribution < -0.4 is 0 Å². The molecule has 1 aliphatic carbocycles. The van der Waals surface area contributed by atoms with Crippen molar-refractivity contribution < 1.29 is 25.2 Å². The summed E-state index contributed by atoms with van der Waals surface area (Å²) in [4.78, 5) is 0. The summed E-state index contributed by atoms with van der Waals surface area (Å²) < 4.78 is 54.5. The Morgan fingerprint density at radius 3 is 1.44 bits per heavy atom. The second-order valence-electron chi connectivity index (χ2n) is 4.30. The summed E-state index contributed by atoms with van der Waals surface area (Å²) in [5.74, 6) is 0. The minimum atomic E-state index is -3.64. The Labute approximate surface area is 108 Å². The lowest BCUT2D eigenvalue weighted by molar-refractivity contribution is 0.0529. The van der Waals surface area contributed by atoms with E-state index in [9.17, 15) is 16.8 Å². The van der Waals surface area contributed by atoms with E-state index in [0.717, 1.165) is 12.5 Å². The van der Waals surface area contributed by atoms with Crippen LogP contribution in [0.2, 0.25) is 0 Å². The smallest absolute Gasteiger partial charge is 0.264 e. The lowest BCUT2D eigenvalue weighted by atomic mass is 10.0. The Morgan fingerprint density at radius 2 is 1.17 bits per heavy atom. The van der Waals surface area contributed by atoms with E-state index in [0.29, 0.717) is 25.7 Å². The molecule has 0 spiro atoms. The maximum Gasteiger partial charge on any atom is 0.264 e. The molecule has 18 heavy (non-hydrogen) atoms. The Morgan fingerprint density at radius 1 is 0.833 bits per heavy atom. The lowest BCUT2D eigenvalue weighted by Crippen LogP contribution is -2.35. The third-order valence-electron chi connectivity index (χ3n) is 2.41. The van der Waals surface area contributed by atoms with E-state index < -0.39 is 32.4 Å². The second-order valence-corrected chi connectivity index (χ2v) is 7.51. The molecule has 0 bridgehead atoms. The van der Waals surface area contributed by atoms with Crippen LogP contribution in [-0.2, 0) is 28.6 Å². The molecule has 1 rings (SSSR count). The van der Waals surface area contributed by atoms with Gasteiger partial charge in [-0.05, 0) is 25.7 Å². The molecule has 0 saturated carbocycles. The van der Waals surface area contributed by atoms with E-state index >= 15 is 0 Å². The van der Waals surface area contributed by atoms with Crippen molar-refractivity contribution in [3.05, 3.63) is 12.2 Å². The van der Waals surface area contributed by atoms with Crippen molar-refractivity contribution >= 4 is 20.2 Å². The maximum absolute atomic E-state index is 11.2. The highest BCUT2D eigenvalue weighted by molar-refractivity contribution is 7.86. The molecule has 1 aliphatic rings. The fourth-order valence-corrected chi connectivity index (χ4v) is 3.14. The molecule has 0 aliphatic heterocycles. The van der Waals surface area contributed by atoms with E-state index in [-0.39, 0.29) is 0 Å². The predicted molar refractivity (Wildman–Crippen MR) is 67.0 cm³/mol. The first-order valence-electron chi connectivity index (χ1n) is 5.59. The molecule has 2 unspecified atom stereocenters. The fraction of sp³-hybridized carbons (Fsp3) is 0.800. The minimum absolute atomic E-state index is 0.407. The number of allylic oxidation sites excluding steroid dienone is 2. The molecule has 8 heteroatoms. The first-order chi connectivity index (χ1) is 8.17. The highest BCUT2D eigenvalue weighted by Gasteiger charge is 2.29. The predicted octanol–water partition coefficient (Wildman–Crippen LogP) is 0.806. The Balaban J connectivity index is 2.86. The van der Waals surface area contributed by atoms with Crippen LogP contribution in [0.1, 0.15) is 25.7 Å². The van der Waals surface area contributed by atoms with Gasteiger partial charge in [0.25, 0.3) is 20.2 Å². The van der Waals surface area contributed by atoms with Gasteiger partial charge in [0.1, 0.15) is 12.2 Å². The van der Waals surface area contributed by atoms with Gasteiger partial charge in [0, 0.05) is 0 Å². The largest absolute Gasteiger partial charge is 0.264 e. The van der Waals surface area contributed by atoms with Gasteiger partial charge in [-0.1, -0.05) is 12.2 Å². The zero-order valence-corrected chi connectivity index (χ0v) is 12.0. The maximum atomic E-state index is 11.2. The standard InChI is InChI=1S/C10H18O6S2/c1-17(11,12)15-9-7-5-3-4-6-8-10(9)16-18(2,13)14/h3-4,9-10H,5-8H2,1-2H3/b4-3-. The number of hydrogen-bond acceptors (Lipinski definition) is 6. The highest BCUT2D eigenvalue weighted by Crippen LogP contribution is 2.22. The van der Waals surface area contributed by atoms with Crippen molar-refractivity contribution in [2.75, 3.05) is 12.5 Å². The van der Waals surface area contributed by atoms with Gasteiger partial charge in [0.05, 0.1) is 12.5 Å². The van der Waals surface area contributed by atoms with E-state index in [4.69, 9.17) is 8.37 Å². The molecule has 106 valence electrons. The third kappa shape index (κ3) is 6.48. The van der Waals surface area contributed by atoms with Crippen LogP contribution in [0.4, 0.5) is 0 Å². The van der Waals surface area contributed by atoms with Crippen LogP contribution in [-0.4, -0.2) is 41.6 Å². The molecule has 0 aromatic carbocycles. The van der Waals surface area contributed by atoms with Crippen LogP contribution in [0, 0.1) is 0 Å². The van der Waals surface area contributed by atoms with Crippen LogP contribution in [0.25, 0.3) is 0 Å². The Bertz CT molecular complexity index is 444. The van der Waals surface area contributed by atoms with Gasteiger partial charge in [-0.3, -0.25) is 8.37 Å². The normalized spacial score (nSPS) is 28.3. The van der Waals surface area contributed by atoms with Crippen LogP contribution in [0.15, 0.2) is 12.2 Å². The molecule has 6 nitrogen and oxygen atoms in total. The van der Waals surface area contributed by atoms with E-state index in [1.54, 1.807) is 0 Å². The third-order valence-corrected chi connectivity index (χ3v) is 3.61. The Hall–Kier alpha value is -0.440. The van der Waals surface area contributed by atoms with Gasteiger partial charge in [-0.25, -0.2) is 0 Å². The molecule has 0 radical (unpaired) electrons. The molecule has 2 atom stereocenters. The van der Waals surface area contributed by atoms with Gasteiger partial charge in [0.15, 0.2) is 0 Å². The van der Waals surface area contributed by atoms with Crippen molar-refractivity contribution in [3.63, 3.8) is 0 Å². The average molecular weight is 298 g/mol. The molecule has 0 saturated heterocycles. The lowest BCUT2D eigenvalue weighted by Gasteiger charge is -2.25. The van der Waals surface area contributed by atoms with Crippen LogP contribution in [0.5, 0.6) is 0 Å². The summed E-state index contributed by atoms with van der Waals surface area (Å²) in [6, 6.07) is 0. The van der Waals surface area contributed by atoms with E-state index in [2.05, 4.69) is 0 Å². The zero-order chi connectivity index (χ0) is 13.8. The molecular weight excluding hydrogens is 280 g/mol. The molecule has 0 N–H and O–H groups in total. The molecular formula is C10H18O6S2. The number of rotatable bonds is 4. The SMILES string of the molecule is CS(=O)(=O)OC1CC/C=C\CCC1OS(C)(=O)=O. The first kappa shape index (κ1) is 15.6. The second kappa shape index (κ2) is 6.14. The molecule has 0 heterocycles. The van der Waals surface area contributed by atoms with Gasteiger partial charge < -0.3 is 0 Å². The summed E-state index contributed by atoms with van der Waals surface area (Å²) in [5.41, 5.74) is 0. The van der Waals surface area contributed by atoms with Crippen molar-refractivity contribution in [1.82, 2.24) is 0 Å². The molecule has 0 fully saturated rings. The van der Waals surface area contributed by atoms with Crippen molar-refractivity contribution in [3.8, 4) is 0 Å². The zero-order valence-electron chi connectivity index (χ0n) is 10.4. The quantitative estimate of drug-likeness (QED) is 0.564. The van der Waals surface area contributed by atoms with Crippen molar-refractivity contribution in [2.45, 2.75) is 37.9 Å². The van der Waals surface area contributed by atoms with Gasteiger partial charge in [0.2, 0.25) is 0 Å². The highest BCUT2D eigenvalue weighted by atomic mass is 32.2. The molecule has 0 amide bonds. The summed E-state index contributed by atoms with van der Waals surface area (Å²) in [5, 5.41) is 0. The topological polar surface area (TPSA) is 86.7 Å². The summed E-state index contributed by atoms with van der Waals surface area (Å²) >= 11 is 0. The van der Waals surface area contributed by atoms with Crippen molar-refractivity contribution in [1.29, 1.82) is 0 Å². The fourth-order valence-electron chi connectivity index (χ4n) is 1.80. The monoisotopic (exact) mass is 298 g/mol. The summed E-state index contributed by atoms with van der Waals surface area (Å²) in [6.45, 7) is 0. The minimum Gasteiger partial charge on any atom is -0.264 e. The van der Waals surface area contributed by atoms with E-state index in [1.807, 2.05) is 12.2 Å². The van der Waals surface area contributed by atoms with Gasteiger partial charge >= 0.3 is 0 Å². The van der Waals surface area contributed by atoms with Gasteiger partial charge in [-0.2, -0.15) is 16.8 Å². The van der Waals surface area contributed by atoms with Crippen molar-refractivity contribution in [2.24, 2.45) is 0 Å². The van der Waals surface area contributed by atoms with Crippen LogP contribution >= 0.6 is 0 Å². The summed E-state index contributed by atoms with van der Waals surface area (Å²) in [6.07, 6.45) is 6.28. The molecule has 0 aromatic rings. The molecule has 0 aromatic heterocycles. The van der Waals surface area contributed by atoms with E-state index in [1.165, 1.54) is 0 Å². The van der Waals surface area contributed by atoms with Crippen LogP contribution in [0.3, 0.4) is 0 Å². The average Bonchev–Trinajstić information content (AvgIpc) is 2.12. The summed E-state index contributed by atoms with van der Waals surface area (Å²) in [7, 11) is -7.28. The number of hydrogen-bond donors (Lipinski definition) is 0. The Kier molecular flexibility index (Phi) is 5.32. The first-order valence-corrected chi connectivity index (χ1v) is 9.22.